The molecular formula is C17H10ClN3O4. The Morgan fingerprint density at radius 1 is 1.20 bits per heavy atom. The fourth-order valence-electron chi connectivity index (χ4n) is 2.10. The van der Waals surface area contributed by atoms with Crippen molar-refractivity contribution < 1.29 is 14.6 Å². The first-order valence-electron chi connectivity index (χ1n) is 7.09. The van der Waals surface area contributed by atoms with Crippen LogP contribution in [0.5, 0.6) is 0 Å². The number of halogens is 1. The Morgan fingerprint density at radius 3 is 2.64 bits per heavy atom. The summed E-state index contributed by atoms with van der Waals surface area (Å²) >= 11 is 6.08. The first-order valence-corrected chi connectivity index (χ1v) is 7.47. The first kappa shape index (κ1) is 16.5. The highest BCUT2D eigenvalue weighted by Gasteiger charge is 2.10. The Hall–Kier alpha value is -3.32. The van der Waals surface area contributed by atoms with Gasteiger partial charge >= 0.3 is 5.97 Å². The lowest BCUT2D eigenvalue weighted by atomic mass is 10.2. The maximum Gasteiger partial charge on any atom is 0.365 e. The molecule has 2 aromatic carbocycles. The summed E-state index contributed by atoms with van der Waals surface area (Å²) in [7, 11) is 0. The Kier molecular flexibility index (Phi) is 4.67. The van der Waals surface area contributed by atoms with E-state index in [9.17, 15) is 14.9 Å². The first-order chi connectivity index (χ1) is 12.0. The number of para-hydroxylation sites is 1. The number of oxime groups is 1. The van der Waals surface area contributed by atoms with Gasteiger partial charge in [-0.25, -0.2) is 9.78 Å². The minimum Gasteiger partial charge on any atom is -0.313 e. The highest BCUT2D eigenvalue weighted by molar-refractivity contribution is 6.32. The van der Waals surface area contributed by atoms with Crippen LogP contribution in [0.15, 0.2) is 59.8 Å². The fourth-order valence-corrected chi connectivity index (χ4v) is 2.30. The molecule has 0 amide bonds. The van der Waals surface area contributed by atoms with E-state index in [-0.39, 0.29) is 16.4 Å². The number of rotatable bonds is 4. The van der Waals surface area contributed by atoms with Gasteiger partial charge in [-0.05, 0) is 24.3 Å². The van der Waals surface area contributed by atoms with Crippen LogP contribution >= 0.6 is 11.6 Å². The van der Waals surface area contributed by atoms with Gasteiger partial charge in [-0.3, -0.25) is 10.1 Å². The molecule has 0 unspecified atom stereocenters. The van der Waals surface area contributed by atoms with Crippen LogP contribution in [0.2, 0.25) is 5.15 Å². The molecule has 3 rings (SSSR count). The van der Waals surface area contributed by atoms with Crippen LogP contribution in [0.25, 0.3) is 10.9 Å². The number of fused-ring (bicyclic) bond motifs is 1. The summed E-state index contributed by atoms with van der Waals surface area (Å²) < 4.78 is 0. The number of nitro benzene ring substituents is 1. The molecule has 0 saturated carbocycles. The quantitative estimate of drug-likeness (QED) is 0.232. The highest BCUT2D eigenvalue weighted by Crippen LogP contribution is 2.19. The standard InChI is InChI=1S/C17H10ClN3O4/c18-16-13(9-12-3-1-2-4-15(12)20-16)10-19-25-17(22)11-5-7-14(8-6-11)21(23)24/h1-10H/b19-10+. The average molecular weight is 356 g/mol. The van der Waals surface area contributed by atoms with Gasteiger partial charge in [-0.2, -0.15) is 0 Å². The van der Waals surface area contributed by atoms with Crippen molar-refractivity contribution in [2.75, 3.05) is 0 Å². The van der Waals surface area contributed by atoms with E-state index in [2.05, 4.69) is 10.1 Å². The van der Waals surface area contributed by atoms with Gasteiger partial charge < -0.3 is 4.84 Å². The second kappa shape index (κ2) is 7.06. The molecule has 0 atom stereocenters. The van der Waals surface area contributed by atoms with Crippen LogP contribution in [0.4, 0.5) is 5.69 Å². The molecule has 3 aromatic rings. The molecule has 8 heteroatoms. The molecular weight excluding hydrogens is 346 g/mol. The minimum atomic E-state index is -0.740. The number of non-ortho nitro benzene ring substituents is 1. The number of pyridine rings is 1. The van der Waals surface area contributed by atoms with Crippen molar-refractivity contribution in [2.45, 2.75) is 0 Å². The second-order valence-corrected chi connectivity index (χ2v) is 5.34. The van der Waals surface area contributed by atoms with E-state index in [1.54, 1.807) is 6.07 Å². The fraction of sp³-hybridized carbons (Fsp3) is 0. The van der Waals surface area contributed by atoms with Crippen molar-refractivity contribution in [3.8, 4) is 0 Å². The van der Waals surface area contributed by atoms with Gasteiger partial charge in [0.1, 0.15) is 5.15 Å². The summed E-state index contributed by atoms with van der Waals surface area (Å²) in [6, 6.07) is 14.2. The second-order valence-electron chi connectivity index (χ2n) is 4.98. The molecule has 124 valence electrons. The van der Waals surface area contributed by atoms with E-state index in [0.717, 1.165) is 10.9 Å². The molecule has 0 aliphatic heterocycles. The van der Waals surface area contributed by atoms with Crippen LogP contribution in [-0.4, -0.2) is 22.1 Å². The van der Waals surface area contributed by atoms with Crippen molar-refractivity contribution in [3.63, 3.8) is 0 Å². The van der Waals surface area contributed by atoms with Gasteiger partial charge in [0.05, 0.1) is 22.2 Å². The highest BCUT2D eigenvalue weighted by atomic mass is 35.5. The van der Waals surface area contributed by atoms with Crippen molar-refractivity contribution in [1.29, 1.82) is 0 Å². The number of aromatic nitrogens is 1. The van der Waals surface area contributed by atoms with Gasteiger partial charge in [-0.1, -0.05) is 35.0 Å². The third-order valence-electron chi connectivity index (χ3n) is 3.35. The smallest absolute Gasteiger partial charge is 0.313 e. The lowest BCUT2D eigenvalue weighted by Gasteiger charge is -2.01. The number of nitrogens with zero attached hydrogens (tertiary/aromatic N) is 3. The van der Waals surface area contributed by atoms with Crippen LogP contribution < -0.4 is 0 Å². The van der Waals surface area contributed by atoms with Gasteiger partial charge in [-0.15, -0.1) is 0 Å². The molecule has 0 saturated heterocycles. The maximum absolute atomic E-state index is 11.9. The summed E-state index contributed by atoms with van der Waals surface area (Å²) in [6.45, 7) is 0. The number of nitro groups is 1. The number of hydrogen-bond acceptors (Lipinski definition) is 6. The van der Waals surface area contributed by atoms with E-state index >= 15 is 0 Å². The normalized spacial score (nSPS) is 10.9. The topological polar surface area (TPSA) is 94.7 Å². The largest absolute Gasteiger partial charge is 0.365 e. The number of carbonyl (C=O) groups excluding carboxylic acids is 1. The summed E-state index contributed by atoms with van der Waals surface area (Å²) in [4.78, 5) is 30.9. The molecule has 25 heavy (non-hydrogen) atoms. The zero-order valence-corrected chi connectivity index (χ0v) is 13.4. The lowest BCUT2D eigenvalue weighted by Crippen LogP contribution is -2.01. The Labute approximate surface area is 146 Å². The molecule has 0 fully saturated rings. The van der Waals surface area contributed by atoms with Crippen LogP contribution in [0.1, 0.15) is 15.9 Å². The molecule has 0 bridgehead atoms. The van der Waals surface area contributed by atoms with Crippen LogP contribution in [-0.2, 0) is 4.84 Å². The maximum atomic E-state index is 11.9. The monoisotopic (exact) mass is 355 g/mol. The predicted molar refractivity (Wildman–Crippen MR) is 92.9 cm³/mol. The van der Waals surface area contributed by atoms with Gasteiger partial charge in [0.15, 0.2) is 0 Å². The number of benzene rings is 2. The Balaban J connectivity index is 1.73. The number of carbonyl (C=O) groups is 1. The zero-order valence-electron chi connectivity index (χ0n) is 12.6. The molecule has 0 radical (unpaired) electrons. The van der Waals surface area contributed by atoms with Gasteiger partial charge in [0, 0.05) is 23.1 Å². The van der Waals surface area contributed by atoms with Gasteiger partial charge in [0.2, 0.25) is 0 Å². The minimum absolute atomic E-state index is 0.117. The molecule has 0 aliphatic carbocycles. The van der Waals surface area contributed by atoms with E-state index in [1.807, 2.05) is 24.3 Å². The molecule has 1 heterocycles. The van der Waals surface area contributed by atoms with Gasteiger partial charge in [0.25, 0.3) is 5.69 Å². The van der Waals surface area contributed by atoms with Crippen LogP contribution in [0.3, 0.4) is 0 Å². The van der Waals surface area contributed by atoms with Crippen molar-refractivity contribution >= 4 is 40.4 Å². The predicted octanol–water partition coefficient (Wildman–Crippen LogP) is 3.99. The van der Waals surface area contributed by atoms with E-state index in [0.29, 0.717) is 5.56 Å². The third kappa shape index (κ3) is 3.78. The van der Waals surface area contributed by atoms with E-state index in [1.165, 1.54) is 30.5 Å². The molecule has 1 aromatic heterocycles. The van der Waals surface area contributed by atoms with Crippen molar-refractivity contribution in [2.24, 2.45) is 5.16 Å². The van der Waals surface area contributed by atoms with E-state index in [4.69, 9.17) is 16.4 Å². The summed E-state index contributed by atoms with van der Waals surface area (Å²) in [6.07, 6.45) is 1.28. The van der Waals surface area contributed by atoms with E-state index < -0.39 is 10.9 Å². The Bertz CT molecular complexity index is 987. The van der Waals surface area contributed by atoms with Crippen molar-refractivity contribution in [3.05, 3.63) is 81.0 Å². The third-order valence-corrected chi connectivity index (χ3v) is 3.65. The summed E-state index contributed by atoms with van der Waals surface area (Å²) in [5.41, 5.74) is 1.27. The average Bonchev–Trinajstić information content (AvgIpc) is 2.62. The molecule has 0 spiro atoms. The van der Waals surface area contributed by atoms with Crippen LogP contribution in [0, 0.1) is 10.1 Å². The Morgan fingerprint density at radius 2 is 1.92 bits per heavy atom. The molecule has 7 nitrogen and oxygen atoms in total. The SMILES string of the molecule is O=C(O/N=C/c1cc2ccccc2nc1Cl)c1ccc([N+](=O)[O-])cc1. The zero-order chi connectivity index (χ0) is 17.8. The summed E-state index contributed by atoms with van der Waals surface area (Å²) in [5, 5.41) is 15.3. The number of hydrogen-bond donors (Lipinski definition) is 0. The molecule has 0 N–H and O–H groups in total. The summed E-state index contributed by atoms with van der Waals surface area (Å²) in [5.74, 6) is -0.740. The lowest BCUT2D eigenvalue weighted by molar-refractivity contribution is -0.384. The molecule has 0 aliphatic rings. The van der Waals surface area contributed by atoms with Crippen molar-refractivity contribution in [1.82, 2.24) is 4.98 Å².